The number of nitrogens with two attached hydrogens (primary N) is 1. The molecule has 2 N–H and O–H groups in total. The summed E-state index contributed by atoms with van der Waals surface area (Å²) in [5.74, 6) is 0.528. The second-order valence-corrected chi connectivity index (χ2v) is 7.18. The number of fused-ring (bicyclic) bond motifs is 3. The van der Waals surface area contributed by atoms with E-state index in [1.807, 2.05) is 27.3 Å². The molecule has 0 aromatic carbocycles. The third-order valence-electron chi connectivity index (χ3n) is 3.89. The molecular weight excluding hydrogens is 503 g/mol. The first-order valence-electron chi connectivity index (χ1n) is 7.61. The molecule has 0 spiro atoms. The largest absolute Gasteiger partial charge is 0.368 e. The van der Waals surface area contributed by atoms with Crippen LogP contribution in [0.25, 0.3) is 28.2 Å². The van der Waals surface area contributed by atoms with Gasteiger partial charge in [-0.25, -0.2) is 4.98 Å². The Labute approximate surface area is 174 Å². The Morgan fingerprint density at radius 2 is 2.19 bits per heavy atom. The van der Waals surface area contributed by atoms with E-state index in [2.05, 4.69) is 26.1 Å². The molecule has 0 bridgehead atoms. The SMILES string of the molecule is N#Cc1c(Cl)c2c(nc(N)n3nc(-c4ccccn4)nc23)n1CCOSI. The van der Waals surface area contributed by atoms with E-state index in [1.165, 1.54) is 13.7 Å². The van der Waals surface area contributed by atoms with E-state index >= 15 is 0 Å². The van der Waals surface area contributed by atoms with E-state index in [0.29, 0.717) is 41.4 Å². The molecule has 4 aromatic heterocycles. The van der Waals surface area contributed by atoms with Crippen LogP contribution in [0.4, 0.5) is 5.95 Å². The van der Waals surface area contributed by atoms with Crippen molar-refractivity contribution in [2.75, 3.05) is 12.3 Å². The molecule has 0 unspecified atom stereocenters. The van der Waals surface area contributed by atoms with Crippen LogP contribution in [0.2, 0.25) is 5.02 Å². The normalized spacial score (nSPS) is 11.3. The maximum absolute atomic E-state index is 9.57. The topological polar surface area (TPSA) is 120 Å². The van der Waals surface area contributed by atoms with Crippen LogP contribution in [0.5, 0.6) is 0 Å². The quantitative estimate of drug-likeness (QED) is 0.246. The number of aromatic nitrogens is 6. The molecule has 27 heavy (non-hydrogen) atoms. The van der Waals surface area contributed by atoms with Crippen molar-refractivity contribution in [3.05, 3.63) is 35.1 Å². The van der Waals surface area contributed by atoms with Gasteiger partial charge >= 0.3 is 0 Å². The molecule has 0 saturated carbocycles. The third kappa shape index (κ3) is 3.08. The Balaban J connectivity index is 1.98. The first kappa shape index (κ1) is 18.2. The van der Waals surface area contributed by atoms with Crippen molar-refractivity contribution in [3.8, 4) is 17.6 Å². The molecule has 0 aliphatic rings. The fourth-order valence-electron chi connectivity index (χ4n) is 2.77. The van der Waals surface area contributed by atoms with Crippen LogP contribution in [-0.2, 0) is 10.7 Å². The molecule has 0 fully saturated rings. The number of halogens is 2. The standard InChI is InChI=1S/C15H10ClIN8OS/c16-11-9(7-18)24(5-6-26-27-17)13-10(11)14-21-12(8-3-1-2-4-20-8)23-25(14)15(19)22-13/h1-4H,5-6H2,(H2,19,22). The lowest BCUT2D eigenvalue weighted by molar-refractivity contribution is 0.356. The van der Waals surface area contributed by atoms with Crippen molar-refractivity contribution in [1.82, 2.24) is 29.1 Å². The van der Waals surface area contributed by atoms with Crippen LogP contribution in [0, 0.1) is 11.3 Å². The first-order valence-corrected chi connectivity index (χ1v) is 11.3. The Morgan fingerprint density at radius 3 is 2.89 bits per heavy atom. The number of nitrogen functional groups attached to an aromatic ring is 1. The molecule has 0 aliphatic heterocycles. The molecule has 136 valence electrons. The van der Waals surface area contributed by atoms with Gasteiger partial charge in [0, 0.05) is 27.4 Å². The molecule has 4 heterocycles. The number of anilines is 1. The summed E-state index contributed by atoms with van der Waals surface area (Å²) in [6, 6.07) is 7.56. The summed E-state index contributed by atoms with van der Waals surface area (Å²) in [6.07, 6.45) is 1.65. The molecule has 0 saturated heterocycles. The fourth-order valence-corrected chi connectivity index (χ4v) is 3.76. The second-order valence-electron chi connectivity index (χ2n) is 5.37. The van der Waals surface area contributed by atoms with Crippen LogP contribution in [0.15, 0.2) is 24.4 Å². The summed E-state index contributed by atoms with van der Waals surface area (Å²) in [7, 11) is 1.22. The Hall–Kier alpha value is -2.14. The minimum Gasteiger partial charge on any atom is -0.368 e. The smallest absolute Gasteiger partial charge is 0.225 e. The highest BCUT2D eigenvalue weighted by molar-refractivity contribution is 14.2. The van der Waals surface area contributed by atoms with Crippen molar-refractivity contribution < 1.29 is 4.18 Å². The van der Waals surface area contributed by atoms with E-state index in [-0.39, 0.29) is 16.7 Å². The molecule has 4 rings (SSSR count). The average molecular weight is 513 g/mol. The van der Waals surface area contributed by atoms with E-state index < -0.39 is 0 Å². The summed E-state index contributed by atoms with van der Waals surface area (Å²) < 4.78 is 8.38. The number of pyridine rings is 1. The van der Waals surface area contributed by atoms with Crippen molar-refractivity contribution >= 4 is 64.6 Å². The maximum atomic E-state index is 9.57. The molecule has 0 aliphatic carbocycles. The highest BCUT2D eigenvalue weighted by atomic mass is 127. The maximum Gasteiger partial charge on any atom is 0.225 e. The summed E-state index contributed by atoms with van der Waals surface area (Å²) in [5, 5.41) is 14.7. The molecular formula is C15H10ClIN8OS. The Kier molecular flexibility index (Phi) is 5.04. The monoisotopic (exact) mass is 512 g/mol. The number of nitriles is 1. The Bertz CT molecular complexity index is 1190. The zero-order valence-electron chi connectivity index (χ0n) is 13.5. The Morgan fingerprint density at radius 1 is 1.33 bits per heavy atom. The summed E-state index contributed by atoms with van der Waals surface area (Å²) >= 11 is 8.52. The van der Waals surface area contributed by atoms with Crippen LogP contribution in [0.3, 0.4) is 0 Å². The van der Waals surface area contributed by atoms with Crippen molar-refractivity contribution in [3.63, 3.8) is 0 Å². The van der Waals surface area contributed by atoms with Gasteiger partial charge < -0.3 is 14.5 Å². The summed E-state index contributed by atoms with van der Waals surface area (Å²) in [4.78, 5) is 13.2. The van der Waals surface area contributed by atoms with Crippen molar-refractivity contribution in [2.24, 2.45) is 0 Å². The minimum atomic E-state index is 0.135. The van der Waals surface area contributed by atoms with Crippen LogP contribution in [0.1, 0.15) is 5.69 Å². The van der Waals surface area contributed by atoms with Gasteiger partial charge in [0.15, 0.2) is 11.3 Å². The zero-order chi connectivity index (χ0) is 19.0. The molecule has 9 nitrogen and oxygen atoms in total. The van der Waals surface area contributed by atoms with Gasteiger partial charge in [-0.1, -0.05) is 17.7 Å². The number of rotatable bonds is 5. The summed E-state index contributed by atoms with van der Waals surface area (Å²) in [6.45, 7) is 0.771. The predicted octanol–water partition coefficient (Wildman–Crippen LogP) is 3.26. The van der Waals surface area contributed by atoms with Gasteiger partial charge in [-0.2, -0.15) is 14.8 Å². The highest BCUT2D eigenvalue weighted by Gasteiger charge is 2.23. The van der Waals surface area contributed by atoms with Gasteiger partial charge in [-0.3, -0.25) is 4.98 Å². The lowest BCUT2D eigenvalue weighted by Gasteiger charge is -2.06. The predicted molar refractivity (Wildman–Crippen MR) is 111 cm³/mol. The van der Waals surface area contributed by atoms with E-state index in [4.69, 9.17) is 21.5 Å². The second kappa shape index (κ2) is 7.47. The molecule has 0 atom stereocenters. The molecule has 0 amide bonds. The van der Waals surface area contributed by atoms with Crippen molar-refractivity contribution in [1.29, 1.82) is 5.26 Å². The average Bonchev–Trinajstić information content (AvgIpc) is 3.23. The van der Waals surface area contributed by atoms with Gasteiger partial charge in [0.25, 0.3) is 0 Å². The molecule has 0 radical (unpaired) electrons. The van der Waals surface area contributed by atoms with E-state index in [0.717, 1.165) is 0 Å². The zero-order valence-corrected chi connectivity index (χ0v) is 17.2. The van der Waals surface area contributed by atoms with E-state index in [9.17, 15) is 5.26 Å². The van der Waals surface area contributed by atoms with Gasteiger partial charge in [-0.05, 0) is 12.1 Å². The fraction of sp³-hybridized carbons (Fsp3) is 0.133. The molecule has 12 heteroatoms. The van der Waals surface area contributed by atoms with Crippen LogP contribution in [-0.4, -0.2) is 35.7 Å². The van der Waals surface area contributed by atoms with Gasteiger partial charge in [0.05, 0.1) is 32.8 Å². The number of hydrogen-bond donors (Lipinski definition) is 1. The number of nitrogens with zero attached hydrogens (tertiary/aromatic N) is 7. The van der Waals surface area contributed by atoms with E-state index in [1.54, 1.807) is 22.9 Å². The minimum absolute atomic E-state index is 0.135. The highest BCUT2D eigenvalue weighted by Crippen LogP contribution is 2.33. The van der Waals surface area contributed by atoms with Gasteiger partial charge in [0.2, 0.25) is 11.8 Å². The van der Waals surface area contributed by atoms with Crippen LogP contribution >= 0.6 is 42.0 Å². The van der Waals surface area contributed by atoms with Gasteiger partial charge in [0.1, 0.15) is 17.5 Å². The lowest BCUT2D eigenvalue weighted by atomic mass is 10.3. The van der Waals surface area contributed by atoms with Crippen molar-refractivity contribution in [2.45, 2.75) is 6.54 Å². The van der Waals surface area contributed by atoms with Gasteiger partial charge in [-0.15, -0.1) is 5.10 Å². The third-order valence-corrected chi connectivity index (χ3v) is 5.27. The first-order chi connectivity index (χ1) is 13.2. The number of hydrogen-bond acceptors (Lipinski definition) is 8. The molecule has 4 aromatic rings. The van der Waals surface area contributed by atoms with Crippen LogP contribution < -0.4 is 5.73 Å². The lowest BCUT2D eigenvalue weighted by Crippen LogP contribution is -2.08. The summed E-state index contributed by atoms with van der Waals surface area (Å²) in [5.41, 5.74) is 7.84.